The zero-order valence-corrected chi connectivity index (χ0v) is 18.4. The largest absolute Gasteiger partial charge is 0.507 e. The number of piperidine rings is 1. The maximum absolute atomic E-state index is 15.4. The summed E-state index contributed by atoms with van der Waals surface area (Å²) in [7, 11) is 0. The molecule has 0 spiro atoms. The predicted molar refractivity (Wildman–Crippen MR) is 120 cm³/mol. The smallest absolute Gasteiger partial charge is 0.162 e. The van der Waals surface area contributed by atoms with Gasteiger partial charge < -0.3 is 15.0 Å². The third-order valence-corrected chi connectivity index (χ3v) is 6.27. The van der Waals surface area contributed by atoms with Gasteiger partial charge in [0.05, 0.1) is 23.4 Å². The van der Waals surface area contributed by atoms with E-state index in [4.69, 9.17) is 0 Å². The summed E-state index contributed by atoms with van der Waals surface area (Å²) in [6.07, 6.45) is 2.45. The van der Waals surface area contributed by atoms with Gasteiger partial charge in [0.1, 0.15) is 17.7 Å². The van der Waals surface area contributed by atoms with E-state index in [0.29, 0.717) is 34.2 Å². The molecule has 0 aliphatic carbocycles. The number of hydrogen-bond acceptors (Lipinski definition) is 5. The summed E-state index contributed by atoms with van der Waals surface area (Å²) in [6.45, 7) is 7.90. The van der Waals surface area contributed by atoms with Gasteiger partial charge in [-0.2, -0.15) is 0 Å². The van der Waals surface area contributed by atoms with Crippen LogP contribution in [0.4, 0.5) is 8.78 Å². The molecule has 5 rings (SSSR count). The Morgan fingerprint density at radius 2 is 1.88 bits per heavy atom. The van der Waals surface area contributed by atoms with Gasteiger partial charge in [0.25, 0.3) is 0 Å². The van der Waals surface area contributed by atoms with Crippen molar-refractivity contribution in [2.45, 2.75) is 57.4 Å². The summed E-state index contributed by atoms with van der Waals surface area (Å²) in [5, 5.41) is 23.9. The first-order valence-corrected chi connectivity index (χ1v) is 10.6. The number of phenols is 1. The summed E-state index contributed by atoms with van der Waals surface area (Å²) < 4.78 is 30.9. The number of phenolic OH excluding ortho intramolecular Hbond substituents is 1. The van der Waals surface area contributed by atoms with E-state index in [2.05, 4.69) is 34.3 Å². The van der Waals surface area contributed by atoms with Crippen molar-refractivity contribution in [2.75, 3.05) is 0 Å². The molecule has 1 aliphatic heterocycles. The van der Waals surface area contributed by atoms with Crippen LogP contribution >= 0.6 is 0 Å². The Bertz CT molecular complexity index is 1350. The van der Waals surface area contributed by atoms with Crippen molar-refractivity contribution < 1.29 is 13.9 Å². The number of aromatic hydroxyl groups is 1. The van der Waals surface area contributed by atoms with Crippen molar-refractivity contribution in [1.29, 1.82) is 0 Å². The Morgan fingerprint density at radius 1 is 1.09 bits per heavy atom. The van der Waals surface area contributed by atoms with Crippen LogP contribution in [-0.4, -0.2) is 42.1 Å². The summed E-state index contributed by atoms with van der Waals surface area (Å²) in [5.74, 6) is -0.475. The van der Waals surface area contributed by atoms with Crippen LogP contribution in [0.3, 0.4) is 0 Å². The lowest BCUT2D eigenvalue weighted by Crippen LogP contribution is -2.64. The second kappa shape index (κ2) is 6.93. The number of nitrogens with zero attached hydrogens (tertiary/aromatic N) is 4. The number of benzene rings is 1. The number of aromatic nitrogens is 4. The third kappa shape index (κ3) is 3.39. The van der Waals surface area contributed by atoms with Gasteiger partial charge in [-0.05, 0) is 58.4 Å². The standard InChI is InChI=1S/C24H25F2N5O/c1-23(2)11-19(21(26)24(3,4)30-23)31-6-5-13-9-18(28-29-22(13)31)16-8-14-7-15(25)12-27-17(14)10-20(16)32/h5-10,12,19,21,30,32H,11H2,1-4H3/t19-,21-/m0/s1. The normalized spacial score (nSPS) is 22.4. The lowest BCUT2D eigenvalue weighted by Gasteiger charge is -2.49. The molecule has 2 N–H and O–H groups in total. The minimum Gasteiger partial charge on any atom is -0.507 e. The number of hydrogen-bond donors (Lipinski definition) is 2. The van der Waals surface area contributed by atoms with Gasteiger partial charge >= 0.3 is 0 Å². The van der Waals surface area contributed by atoms with E-state index in [1.165, 1.54) is 12.1 Å². The molecule has 0 amide bonds. The molecule has 0 bridgehead atoms. The molecule has 1 fully saturated rings. The Morgan fingerprint density at radius 3 is 2.66 bits per heavy atom. The lowest BCUT2D eigenvalue weighted by atomic mass is 9.78. The molecule has 4 aromatic rings. The van der Waals surface area contributed by atoms with Gasteiger partial charge in [-0.25, -0.2) is 8.78 Å². The first kappa shape index (κ1) is 20.8. The zero-order valence-electron chi connectivity index (χ0n) is 18.4. The monoisotopic (exact) mass is 437 g/mol. The van der Waals surface area contributed by atoms with E-state index in [1.54, 1.807) is 12.1 Å². The summed E-state index contributed by atoms with van der Waals surface area (Å²) in [5.41, 5.74) is 1.03. The molecule has 32 heavy (non-hydrogen) atoms. The van der Waals surface area contributed by atoms with Crippen molar-refractivity contribution in [3.8, 4) is 17.0 Å². The molecule has 1 aliphatic rings. The molecular weight excluding hydrogens is 412 g/mol. The topological polar surface area (TPSA) is 75.9 Å². The second-order valence-electron chi connectivity index (χ2n) is 9.85. The summed E-state index contributed by atoms with van der Waals surface area (Å²) >= 11 is 0. The SMILES string of the molecule is CC1(C)C[C@H](n2ccc3cc(-c4cc5cc(F)cnc5cc4O)nnc32)[C@H](F)C(C)(C)N1. The molecule has 2 atom stereocenters. The fourth-order valence-corrected chi connectivity index (χ4v) is 5.04. The van der Waals surface area contributed by atoms with Crippen molar-refractivity contribution in [3.05, 3.63) is 48.5 Å². The molecule has 0 saturated carbocycles. The van der Waals surface area contributed by atoms with E-state index >= 15 is 4.39 Å². The second-order valence-corrected chi connectivity index (χ2v) is 9.85. The maximum atomic E-state index is 15.4. The number of halogens is 2. The van der Waals surface area contributed by atoms with Crippen molar-refractivity contribution in [2.24, 2.45) is 0 Å². The highest BCUT2D eigenvalue weighted by Crippen LogP contribution is 2.40. The highest BCUT2D eigenvalue weighted by atomic mass is 19.1. The van der Waals surface area contributed by atoms with E-state index in [0.717, 1.165) is 11.6 Å². The van der Waals surface area contributed by atoms with E-state index in [9.17, 15) is 9.50 Å². The van der Waals surface area contributed by atoms with Crippen LogP contribution in [0, 0.1) is 5.82 Å². The van der Waals surface area contributed by atoms with Gasteiger partial charge in [0, 0.05) is 39.7 Å². The van der Waals surface area contributed by atoms with Crippen LogP contribution in [0.15, 0.2) is 42.7 Å². The van der Waals surface area contributed by atoms with Crippen LogP contribution in [0.5, 0.6) is 5.75 Å². The third-order valence-electron chi connectivity index (χ3n) is 6.27. The summed E-state index contributed by atoms with van der Waals surface area (Å²) in [6, 6.07) is 7.77. The van der Waals surface area contributed by atoms with Crippen LogP contribution in [0.1, 0.15) is 40.2 Å². The van der Waals surface area contributed by atoms with Crippen molar-refractivity contribution >= 4 is 21.9 Å². The maximum Gasteiger partial charge on any atom is 0.162 e. The van der Waals surface area contributed by atoms with Gasteiger partial charge in [0.15, 0.2) is 5.65 Å². The van der Waals surface area contributed by atoms with Gasteiger partial charge in [-0.1, -0.05) is 0 Å². The molecule has 6 nitrogen and oxygen atoms in total. The zero-order chi connectivity index (χ0) is 22.8. The first-order valence-electron chi connectivity index (χ1n) is 10.6. The molecular formula is C24H25F2N5O. The molecule has 1 aromatic carbocycles. The minimum absolute atomic E-state index is 0.0182. The molecule has 3 aromatic heterocycles. The quantitative estimate of drug-likeness (QED) is 0.466. The minimum atomic E-state index is -1.11. The number of pyridine rings is 1. The van der Waals surface area contributed by atoms with Crippen LogP contribution in [0.2, 0.25) is 0 Å². The number of fused-ring (bicyclic) bond motifs is 2. The van der Waals surface area contributed by atoms with Gasteiger partial charge in [0.2, 0.25) is 0 Å². The van der Waals surface area contributed by atoms with E-state index < -0.39 is 17.5 Å². The molecule has 166 valence electrons. The Labute approximate surface area is 184 Å². The molecule has 1 saturated heterocycles. The van der Waals surface area contributed by atoms with Crippen molar-refractivity contribution in [1.82, 2.24) is 25.1 Å². The Hall–Kier alpha value is -3.13. The van der Waals surface area contributed by atoms with Crippen LogP contribution in [0.25, 0.3) is 33.2 Å². The molecule has 4 heterocycles. The fraction of sp³-hybridized carbons (Fsp3) is 0.375. The highest BCUT2D eigenvalue weighted by Gasteiger charge is 2.47. The number of nitrogens with one attached hydrogen (secondary N) is 1. The Balaban J connectivity index is 1.58. The van der Waals surface area contributed by atoms with E-state index in [-0.39, 0.29) is 17.3 Å². The van der Waals surface area contributed by atoms with Crippen LogP contribution < -0.4 is 5.32 Å². The van der Waals surface area contributed by atoms with Gasteiger partial charge in [-0.15, -0.1) is 10.2 Å². The number of rotatable bonds is 2. The summed E-state index contributed by atoms with van der Waals surface area (Å²) in [4.78, 5) is 4.00. The lowest BCUT2D eigenvalue weighted by molar-refractivity contribution is 0.0313. The number of alkyl halides is 1. The van der Waals surface area contributed by atoms with Crippen LogP contribution in [-0.2, 0) is 0 Å². The average molecular weight is 437 g/mol. The molecule has 0 unspecified atom stereocenters. The van der Waals surface area contributed by atoms with Crippen molar-refractivity contribution in [3.63, 3.8) is 0 Å². The Kier molecular flexibility index (Phi) is 4.50. The fourth-order valence-electron chi connectivity index (χ4n) is 5.04. The van der Waals surface area contributed by atoms with Gasteiger partial charge in [-0.3, -0.25) is 4.98 Å². The molecule has 8 heteroatoms. The molecule has 0 radical (unpaired) electrons. The highest BCUT2D eigenvalue weighted by molar-refractivity contribution is 5.89. The predicted octanol–water partition coefficient (Wildman–Crippen LogP) is 4.92. The average Bonchev–Trinajstić information content (AvgIpc) is 3.13. The van der Waals surface area contributed by atoms with E-state index in [1.807, 2.05) is 30.7 Å². The first-order chi connectivity index (χ1) is 15.0.